The van der Waals surface area contributed by atoms with Crippen LogP contribution in [0.4, 0.5) is 11.9 Å². The van der Waals surface area contributed by atoms with Crippen LogP contribution in [0.1, 0.15) is 13.8 Å². The number of ether oxygens (including phenoxy) is 2. The second kappa shape index (κ2) is 8.90. The molecule has 0 aliphatic rings. The van der Waals surface area contributed by atoms with Gasteiger partial charge in [0.15, 0.2) is 0 Å². The highest BCUT2D eigenvalue weighted by molar-refractivity contribution is 5.83. The van der Waals surface area contributed by atoms with Gasteiger partial charge in [0.25, 0.3) is 0 Å². The third-order valence-electron chi connectivity index (χ3n) is 2.48. The lowest BCUT2D eigenvalue weighted by Gasteiger charge is -2.14. The lowest BCUT2D eigenvalue weighted by atomic mass is 10.3. The van der Waals surface area contributed by atoms with Crippen LogP contribution in [0.15, 0.2) is 0 Å². The Balaban J connectivity index is 2.67. The number of methoxy groups -OCH3 is 2. The van der Waals surface area contributed by atoms with Crippen molar-refractivity contribution in [3.05, 3.63) is 0 Å². The minimum absolute atomic E-state index is 0.170. The van der Waals surface area contributed by atoms with E-state index in [4.69, 9.17) is 9.47 Å². The molecule has 9 nitrogen and oxygen atoms in total. The van der Waals surface area contributed by atoms with Gasteiger partial charge >= 0.3 is 6.01 Å². The van der Waals surface area contributed by atoms with Gasteiger partial charge in [-0.3, -0.25) is 4.79 Å². The van der Waals surface area contributed by atoms with Crippen molar-refractivity contribution in [1.29, 1.82) is 0 Å². The average molecular weight is 298 g/mol. The number of nitrogens with one attached hydrogen (secondary N) is 3. The summed E-state index contributed by atoms with van der Waals surface area (Å²) < 4.78 is 9.87. The van der Waals surface area contributed by atoms with Crippen molar-refractivity contribution in [2.24, 2.45) is 0 Å². The maximum absolute atomic E-state index is 11.8. The first-order valence-electron chi connectivity index (χ1n) is 6.67. The highest BCUT2D eigenvalue weighted by Gasteiger charge is 2.15. The van der Waals surface area contributed by atoms with Crippen LogP contribution < -0.4 is 20.7 Å². The molecule has 0 saturated carbocycles. The molecule has 9 heteroatoms. The number of anilines is 2. The summed E-state index contributed by atoms with van der Waals surface area (Å²) in [4.78, 5) is 24.1. The lowest BCUT2D eigenvalue weighted by molar-refractivity contribution is -0.121. The third-order valence-corrected chi connectivity index (χ3v) is 2.48. The highest BCUT2D eigenvalue weighted by Crippen LogP contribution is 2.11. The van der Waals surface area contributed by atoms with E-state index in [9.17, 15) is 4.79 Å². The monoisotopic (exact) mass is 298 g/mol. The molecular formula is C12H22N6O3. The second-order valence-corrected chi connectivity index (χ2v) is 4.15. The Morgan fingerprint density at radius 2 is 1.95 bits per heavy atom. The topological polar surface area (TPSA) is 110 Å². The van der Waals surface area contributed by atoms with Crippen LogP contribution in [0, 0.1) is 0 Å². The van der Waals surface area contributed by atoms with Crippen LogP contribution in [0.5, 0.6) is 6.01 Å². The van der Waals surface area contributed by atoms with Gasteiger partial charge in [0, 0.05) is 20.2 Å². The van der Waals surface area contributed by atoms with E-state index in [1.165, 1.54) is 7.11 Å². The summed E-state index contributed by atoms with van der Waals surface area (Å²) in [7, 11) is 3.04. The van der Waals surface area contributed by atoms with E-state index in [1.54, 1.807) is 14.0 Å². The second-order valence-electron chi connectivity index (χ2n) is 4.15. The molecule has 1 aromatic rings. The van der Waals surface area contributed by atoms with Gasteiger partial charge in [-0.2, -0.15) is 15.0 Å². The Hall–Kier alpha value is -2.16. The molecule has 118 valence electrons. The van der Waals surface area contributed by atoms with Crippen LogP contribution in [0.3, 0.4) is 0 Å². The van der Waals surface area contributed by atoms with Crippen LogP contribution >= 0.6 is 0 Å². The van der Waals surface area contributed by atoms with Crippen molar-refractivity contribution >= 4 is 17.8 Å². The standard InChI is InChI=1S/C12H22N6O3/c1-5-13-10-16-11(18-12(17-10)21-4)15-8(2)9(19)14-6-7-20-3/h8H,5-7H2,1-4H3,(H,14,19)(H2,13,15,16,17,18). The van der Waals surface area contributed by atoms with Crippen molar-refractivity contribution in [2.45, 2.75) is 19.9 Å². The summed E-state index contributed by atoms with van der Waals surface area (Å²) in [5.41, 5.74) is 0. The Bertz CT molecular complexity index is 457. The van der Waals surface area contributed by atoms with Gasteiger partial charge in [-0.05, 0) is 13.8 Å². The Morgan fingerprint density at radius 3 is 2.57 bits per heavy atom. The lowest BCUT2D eigenvalue weighted by Crippen LogP contribution is -2.39. The van der Waals surface area contributed by atoms with Gasteiger partial charge in [0.1, 0.15) is 6.04 Å². The Kier molecular flexibility index (Phi) is 7.16. The summed E-state index contributed by atoms with van der Waals surface area (Å²) in [6, 6.07) is -0.320. The molecule has 0 fully saturated rings. The predicted octanol–water partition coefficient (Wildman–Crippen LogP) is -0.125. The van der Waals surface area contributed by atoms with Crippen LogP contribution in [0.25, 0.3) is 0 Å². The van der Waals surface area contributed by atoms with Gasteiger partial charge < -0.3 is 25.4 Å². The molecule has 0 saturated heterocycles. The largest absolute Gasteiger partial charge is 0.467 e. The first-order chi connectivity index (χ1) is 10.1. The number of amides is 1. The summed E-state index contributed by atoms with van der Waals surface area (Å²) >= 11 is 0. The van der Waals surface area contributed by atoms with E-state index in [-0.39, 0.29) is 17.9 Å². The normalized spacial score (nSPS) is 11.6. The number of carbonyl (C=O) groups is 1. The zero-order chi connectivity index (χ0) is 15.7. The molecule has 1 heterocycles. The SMILES string of the molecule is CCNc1nc(NC(C)C(=O)NCCOC)nc(OC)n1. The molecule has 0 radical (unpaired) electrons. The van der Waals surface area contributed by atoms with Crippen molar-refractivity contribution < 1.29 is 14.3 Å². The van der Waals surface area contributed by atoms with Gasteiger partial charge in [-0.1, -0.05) is 0 Å². The van der Waals surface area contributed by atoms with Gasteiger partial charge in [-0.15, -0.1) is 0 Å². The first-order valence-corrected chi connectivity index (χ1v) is 6.67. The summed E-state index contributed by atoms with van der Waals surface area (Å²) in [6.07, 6.45) is 0. The number of aromatic nitrogens is 3. The number of hydrogen-bond donors (Lipinski definition) is 3. The minimum Gasteiger partial charge on any atom is -0.467 e. The molecule has 0 aromatic carbocycles. The molecule has 21 heavy (non-hydrogen) atoms. The first kappa shape index (κ1) is 16.9. The van der Waals surface area contributed by atoms with E-state index in [0.29, 0.717) is 25.6 Å². The number of carbonyl (C=O) groups excluding carboxylic acids is 1. The fraction of sp³-hybridized carbons (Fsp3) is 0.667. The quantitative estimate of drug-likeness (QED) is 0.541. The summed E-state index contributed by atoms with van der Waals surface area (Å²) in [5, 5.41) is 8.60. The minimum atomic E-state index is -0.497. The van der Waals surface area contributed by atoms with Crippen LogP contribution in [-0.2, 0) is 9.53 Å². The molecule has 0 spiro atoms. The van der Waals surface area contributed by atoms with E-state index < -0.39 is 6.04 Å². The number of rotatable bonds is 9. The van der Waals surface area contributed by atoms with Gasteiger partial charge in [-0.25, -0.2) is 0 Å². The predicted molar refractivity (Wildman–Crippen MR) is 78.5 cm³/mol. The van der Waals surface area contributed by atoms with Gasteiger partial charge in [0.05, 0.1) is 13.7 Å². The average Bonchev–Trinajstić information content (AvgIpc) is 2.47. The van der Waals surface area contributed by atoms with E-state index in [1.807, 2.05) is 6.92 Å². The molecular weight excluding hydrogens is 276 g/mol. The van der Waals surface area contributed by atoms with Crippen molar-refractivity contribution in [3.8, 4) is 6.01 Å². The molecule has 3 N–H and O–H groups in total. The van der Waals surface area contributed by atoms with Crippen molar-refractivity contribution in [3.63, 3.8) is 0 Å². The smallest absolute Gasteiger partial charge is 0.322 e. The molecule has 1 aromatic heterocycles. The zero-order valence-corrected chi connectivity index (χ0v) is 12.8. The molecule has 0 aliphatic carbocycles. The summed E-state index contributed by atoms with van der Waals surface area (Å²) in [6.45, 7) is 5.22. The molecule has 1 amide bonds. The molecule has 0 aliphatic heterocycles. The maximum Gasteiger partial charge on any atom is 0.322 e. The van der Waals surface area contributed by atoms with Crippen molar-refractivity contribution in [1.82, 2.24) is 20.3 Å². The maximum atomic E-state index is 11.8. The number of nitrogens with zero attached hydrogens (tertiary/aromatic N) is 3. The van der Waals surface area contributed by atoms with E-state index in [2.05, 4.69) is 30.9 Å². The van der Waals surface area contributed by atoms with E-state index >= 15 is 0 Å². The molecule has 1 atom stereocenters. The molecule has 0 bridgehead atoms. The number of hydrogen-bond acceptors (Lipinski definition) is 8. The van der Waals surface area contributed by atoms with Crippen LogP contribution in [-0.4, -0.2) is 60.8 Å². The Morgan fingerprint density at radius 1 is 1.24 bits per heavy atom. The fourth-order valence-corrected chi connectivity index (χ4v) is 1.44. The van der Waals surface area contributed by atoms with Crippen LogP contribution in [0.2, 0.25) is 0 Å². The zero-order valence-electron chi connectivity index (χ0n) is 12.8. The third kappa shape index (κ3) is 5.78. The van der Waals surface area contributed by atoms with Crippen molar-refractivity contribution in [2.75, 3.05) is 44.5 Å². The van der Waals surface area contributed by atoms with E-state index in [0.717, 1.165) is 0 Å². The highest BCUT2D eigenvalue weighted by atomic mass is 16.5. The van der Waals surface area contributed by atoms with Gasteiger partial charge in [0.2, 0.25) is 17.8 Å². The molecule has 1 rings (SSSR count). The Labute approximate surface area is 123 Å². The summed E-state index contributed by atoms with van der Waals surface area (Å²) in [5.74, 6) is 0.488. The fourth-order valence-electron chi connectivity index (χ4n) is 1.44. The molecule has 1 unspecified atom stereocenters.